The second kappa shape index (κ2) is 13.0. The van der Waals surface area contributed by atoms with E-state index in [9.17, 15) is 14.4 Å². The van der Waals surface area contributed by atoms with Crippen molar-refractivity contribution in [1.29, 1.82) is 0 Å². The Morgan fingerprint density at radius 1 is 1.10 bits per heavy atom. The van der Waals surface area contributed by atoms with Gasteiger partial charge in [0.05, 0.1) is 17.6 Å². The van der Waals surface area contributed by atoms with Gasteiger partial charge in [-0.1, -0.05) is 18.7 Å². The van der Waals surface area contributed by atoms with E-state index in [1.54, 1.807) is 29.2 Å². The second-order valence-electron chi connectivity index (χ2n) is 9.65. The first-order valence-electron chi connectivity index (χ1n) is 13.4. The number of benzene rings is 1. The summed E-state index contributed by atoms with van der Waals surface area (Å²) < 4.78 is 5.27. The Morgan fingerprint density at radius 2 is 1.90 bits per heavy atom. The maximum absolute atomic E-state index is 12.9. The molecule has 2 aliphatic rings. The van der Waals surface area contributed by atoms with Crippen LogP contribution in [-0.4, -0.2) is 73.3 Å². The number of carbonyl (C=O) groups is 3. The highest BCUT2D eigenvalue weighted by Crippen LogP contribution is 2.30. The molecule has 206 valence electrons. The van der Waals surface area contributed by atoms with E-state index in [-0.39, 0.29) is 23.5 Å². The van der Waals surface area contributed by atoms with Crippen molar-refractivity contribution in [2.24, 2.45) is 0 Å². The minimum atomic E-state index is -0.385. The van der Waals surface area contributed by atoms with Crippen LogP contribution in [0.15, 0.2) is 77.1 Å². The molecule has 9 heteroatoms. The zero-order valence-corrected chi connectivity index (χ0v) is 22.7. The monoisotopic (exact) mass is 531 g/mol. The van der Waals surface area contributed by atoms with Crippen molar-refractivity contribution in [1.82, 2.24) is 15.1 Å². The van der Waals surface area contributed by atoms with E-state index < -0.39 is 0 Å². The van der Waals surface area contributed by atoms with E-state index in [1.165, 1.54) is 6.26 Å². The van der Waals surface area contributed by atoms with Crippen LogP contribution in [0.25, 0.3) is 0 Å². The van der Waals surface area contributed by atoms with Crippen LogP contribution in [-0.2, 0) is 4.79 Å². The molecule has 4 rings (SSSR count). The molecular formula is C30H37N5O4. The van der Waals surface area contributed by atoms with Crippen molar-refractivity contribution in [2.75, 3.05) is 56.0 Å². The van der Waals surface area contributed by atoms with Crippen LogP contribution in [0.4, 0.5) is 11.4 Å². The topological polar surface area (TPSA) is 98.1 Å². The molecule has 0 radical (unpaired) electrons. The van der Waals surface area contributed by atoms with Crippen LogP contribution in [0.5, 0.6) is 0 Å². The molecule has 2 fully saturated rings. The van der Waals surface area contributed by atoms with Gasteiger partial charge in [0, 0.05) is 63.5 Å². The maximum atomic E-state index is 12.9. The van der Waals surface area contributed by atoms with Gasteiger partial charge in [-0.15, -0.1) is 0 Å². The minimum Gasteiger partial charge on any atom is -0.459 e. The predicted octanol–water partition coefficient (Wildman–Crippen LogP) is 4.04. The third-order valence-corrected chi connectivity index (χ3v) is 7.07. The lowest BCUT2D eigenvalue weighted by Crippen LogP contribution is -2.46. The van der Waals surface area contributed by atoms with E-state index >= 15 is 0 Å². The third-order valence-electron chi connectivity index (χ3n) is 7.07. The zero-order valence-electron chi connectivity index (χ0n) is 22.7. The van der Waals surface area contributed by atoms with Crippen molar-refractivity contribution < 1.29 is 18.8 Å². The molecule has 0 aliphatic carbocycles. The number of anilines is 2. The van der Waals surface area contributed by atoms with Crippen LogP contribution < -0.4 is 15.5 Å². The summed E-state index contributed by atoms with van der Waals surface area (Å²) in [6.45, 7) is 12.7. The molecule has 3 amide bonds. The number of furan rings is 1. The smallest absolute Gasteiger partial charge is 0.291 e. The summed E-state index contributed by atoms with van der Waals surface area (Å²) in [4.78, 5) is 43.9. The summed E-state index contributed by atoms with van der Waals surface area (Å²) in [7, 11) is 0. The van der Waals surface area contributed by atoms with Gasteiger partial charge in [0.15, 0.2) is 5.76 Å². The number of amides is 3. The number of allylic oxidation sites excluding steroid dienone is 4. The highest BCUT2D eigenvalue weighted by atomic mass is 16.3. The van der Waals surface area contributed by atoms with E-state index in [2.05, 4.69) is 40.0 Å². The van der Waals surface area contributed by atoms with Gasteiger partial charge in [-0.05, 0) is 62.2 Å². The largest absolute Gasteiger partial charge is 0.459 e. The summed E-state index contributed by atoms with van der Waals surface area (Å²) in [6.07, 6.45) is 8.88. The van der Waals surface area contributed by atoms with Gasteiger partial charge in [0.1, 0.15) is 0 Å². The molecule has 9 nitrogen and oxygen atoms in total. The number of likely N-dealkylation sites (tertiary alicyclic amines) is 1. The molecule has 2 saturated heterocycles. The van der Waals surface area contributed by atoms with Gasteiger partial charge in [-0.3, -0.25) is 14.4 Å². The van der Waals surface area contributed by atoms with Gasteiger partial charge in [-0.25, -0.2) is 0 Å². The fourth-order valence-corrected chi connectivity index (χ4v) is 5.05. The number of hydrogen-bond acceptors (Lipinski definition) is 6. The minimum absolute atomic E-state index is 0.129. The van der Waals surface area contributed by atoms with Crippen LogP contribution in [0.3, 0.4) is 0 Å². The Kier molecular flexibility index (Phi) is 9.25. The number of hydrogen-bond donors (Lipinski definition) is 2. The number of carbonyl (C=O) groups excluding carboxylic acids is 3. The fraction of sp³-hybridized carbons (Fsp3) is 0.367. The SMILES string of the molecule is C=C/C(=C(C)\C=C/C)N1CCN(c2ccc(C(=O)NCCN3CCCC3=O)cc2NC(=O)c2ccco2)CC1. The van der Waals surface area contributed by atoms with Crippen molar-refractivity contribution in [3.8, 4) is 0 Å². The van der Waals surface area contributed by atoms with Crippen LogP contribution in [0, 0.1) is 0 Å². The van der Waals surface area contributed by atoms with Gasteiger partial charge >= 0.3 is 0 Å². The zero-order chi connectivity index (χ0) is 27.8. The first kappa shape index (κ1) is 27.8. The summed E-state index contributed by atoms with van der Waals surface area (Å²) in [5.74, 6) is -0.323. The molecule has 2 N–H and O–H groups in total. The fourth-order valence-electron chi connectivity index (χ4n) is 5.05. The van der Waals surface area contributed by atoms with Crippen molar-refractivity contribution >= 4 is 29.1 Å². The number of piperazine rings is 1. The van der Waals surface area contributed by atoms with E-state index in [0.29, 0.717) is 30.8 Å². The Labute approximate surface area is 229 Å². The molecule has 0 bridgehead atoms. The molecule has 2 aliphatic heterocycles. The molecule has 0 spiro atoms. The van der Waals surface area contributed by atoms with Crippen LogP contribution in [0.2, 0.25) is 0 Å². The van der Waals surface area contributed by atoms with E-state index in [4.69, 9.17) is 4.42 Å². The summed E-state index contributed by atoms with van der Waals surface area (Å²) in [6, 6.07) is 8.60. The first-order chi connectivity index (χ1) is 18.9. The molecular weight excluding hydrogens is 494 g/mol. The highest BCUT2D eigenvalue weighted by Gasteiger charge is 2.23. The second-order valence-corrected chi connectivity index (χ2v) is 9.65. The molecule has 2 aromatic rings. The van der Waals surface area contributed by atoms with Crippen molar-refractivity contribution in [3.63, 3.8) is 0 Å². The Hall–Kier alpha value is -4.27. The lowest BCUT2D eigenvalue weighted by atomic mass is 10.1. The number of rotatable bonds is 10. The predicted molar refractivity (Wildman–Crippen MR) is 153 cm³/mol. The molecule has 0 unspecified atom stereocenters. The van der Waals surface area contributed by atoms with E-state index in [0.717, 1.165) is 56.1 Å². The Morgan fingerprint density at radius 3 is 2.54 bits per heavy atom. The van der Waals surface area contributed by atoms with Crippen LogP contribution >= 0.6 is 0 Å². The molecule has 1 aromatic carbocycles. The number of nitrogens with zero attached hydrogens (tertiary/aromatic N) is 3. The highest BCUT2D eigenvalue weighted by molar-refractivity contribution is 6.05. The van der Waals surface area contributed by atoms with Crippen LogP contribution in [0.1, 0.15) is 47.6 Å². The Balaban J connectivity index is 1.49. The molecule has 0 saturated carbocycles. The van der Waals surface area contributed by atoms with Crippen molar-refractivity contribution in [3.05, 3.63) is 84.0 Å². The van der Waals surface area contributed by atoms with Gasteiger partial charge in [-0.2, -0.15) is 0 Å². The molecule has 39 heavy (non-hydrogen) atoms. The summed E-state index contributed by atoms with van der Waals surface area (Å²) in [5, 5.41) is 5.83. The third kappa shape index (κ3) is 6.79. The van der Waals surface area contributed by atoms with Gasteiger partial charge in [0.25, 0.3) is 11.8 Å². The van der Waals surface area contributed by atoms with Gasteiger partial charge in [0.2, 0.25) is 5.91 Å². The summed E-state index contributed by atoms with van der Waals surface area (Å²) in [5.41, 5.74) is 4.08. The Bertz CT molecular complexity index is 1260. The lowest BCUT2D eigenvalue weighted by Gasteiger charge is -2.39. The quantitative estimate of drug-likeness (QED) is 0.449. The lowest BCUT2D eigenvalue weighted by molar-refractivity contribution is -0.127. The maximum Gasteiger partial charge on any atom is 0.291 e. The van der Waals surface area contributed by atoms with E-state index in [1.807, 2.05) is 25.1 Å². The molecule has 1 aromatic heterocycles. The molecule has 3 heterocycles. The summed E-state index contributed by atoms with van der Waals surface area (Å²) >= 11 is 0. The normalized spacial score (nSPS) is 16.5. The first-order valence-corrected chi connectivity index (χ1v) is 13.4. The standard InChI is InChI=1S/C30H37N5O4/c1-4-8-22(3)25(5-2)33-16-18-34(19-17-33)26-12-11-23(21-24(26)32-30(38)27-9-7-20-39-27)29(37)31-13-15-35-14-6-10-28(35)36/h4-5,7-9,11-12,20-21H,2,6,10,13-19H2,1,3H3,(H,31,37)(H,32,38)/b8-4-,25-22+. The van der Waals surface area contributed by atoms with Crippen molar-refractivity contribution in [2.45, 2.75) is 26.7 Å². The average molecular weight is 532 g/mol. The molecule has 0 atom stereocenters. The average Bonchev–Trinajstić information content (AvgIpc) is 3.62. The van der Waals surface area contributed by atoms with Gasteiger partial charge < -0.3 is 29.8 Å². The number of nitrogens with one attached hydrogen (secondary N) is 2.